The Bertz CT molecular complexity index is 810. The van der Waals surface area contributed by atoms with Crippen LogP contribution in [0.4, 0.5) is 15.6 Å². The summed E-state index contributed by atoms with van der Waals surface area (Å²) >= 11 is 1.63. The lowest BCUT2D eigenvalue weighted by Crippen LogP contribution is -2.50. The van der Waals surface area contributed by atoms with Gasteiger partial charge in [0.15, 0.2) is 5.13 Å². The molecular formula is C21H27N5O2S. The van der Waals surface area contributed by atoms with E-state index in [9.17, 15) is 9.59 Å². The van der Waals surface area contributed by atoms with Crippen LogP contribution in [0, 0.1) is 0 Å². The van der Waals surface area contributed by atoms with Gasteiger partial charge in [0.25, 0.3) is 0 Å². The Kier molecular flexibility index (Phi) is 6.29. The summed E-state index contributed by atoms with van der Waals surface area (Å²) in [6, 6.07) is 7.75. The zero-order valence-corrected chi connectivity index (χ0v) is 17.4. The quantitative estimate of drug-likeness (QED) is 0.818. The molecule has 7 nitrogen and oxygen atoms in total. The van der Waals surface area contributed by atoms with Gasteiger partial charge in [0, 0.05) is 63.0 Å². The lowest BCUT2D eigenvalue weighted by atomic mass is 10.1. The van der Waals surface area contributed by atoms with Crippen LogP contribution < -0.4 is 10.2 Å². The Labute approximate surface area is 175 Å². The second-order valence-corrected chi connectivity index (χ2v) is 8.38. The lowest BCUT2D eigenvalue weighted by Gasteiger charge is -2.34. The maximum absolute atomic E-state index is 12.5. The second kappa shape index (κ2) is 9.26. The number of nitrogens with zero attached hydrogens (tertiary/aromatic N) is 4. The Balaban J connectivity index is 1.22. The number of hydrogen-bond donors (Lipinski definition) is 1. The molecule has 2 aromatic rings. The number of amides is 3. The van der Waals surface area contributed by atoms with Crippen molar-refractivity contribution in [1.29, 1.82) is 0 Å². The number of nitrogens with one attached hydrogen (secondary N) is 1. The first kappa shape index (κ1) is 19.7. The van der Waals surface area contributed by atoms with Crippen LogP contribution >= 0.6 is 11.3 Å². The predicted molar refractivity (Wildman–Crippen MR) is 115 cm³/mol. The van der Waals surface area contributed by atoms with Gasteiger partial charge in [-0.05, 0) is 37.0 Å². The molecule has 0 aliphatic carbocycles. The number of benzene rings is 1. The van der Waals surface area contributed by atoms with E-state index in [1.807, 2.05) is 45.6 Å². The highest BCUT2D eigenvalue weighted by atomic mass is 32.1. The van der Waals surface area contributed by atoms with Gasteiger partial charge in [-0.3, -0.25) is 4.79 Å². The van der Waals surface area contributed by atoms with E-state index in [-0.39, 0.29) is 11.9 Å². The van der Waals surface area contributed by atoms with Crippen molar-refractivity contribution in [3.05, 3.63) is 41.4 Å². The van der Waals surface area contributed by atoms with Crippen LogP contribution in [0.2, 0.25) is 0 Å². The van der Waals surface area contributed by atoms with Gasteiger partial charge in [0.1, 0.15) is 0 Å². The van der Waals surface area contributed by atoms with Crippen molar-refractivity contribution in [2.45, 2.75) is 25.7 Å². The molecule has 154 valence electrons. The summed E-state index contributed by atoms with van der Waals surface area (Å²) in [5.41, 5.74) is 1.90. The minimum atomic E-state index is -0.0688. The lowest BCUT2D eigenvalue weighted by molar-refractivity contribution is -0.130. The largest absolute Gasteiger partial charge is 0.345 e. The Morgan fingerprint density at radius 2 is 1.69 bits per heavy atom. The Morgan fingerprint density at radius 1 is 0.966 bits per heavy atom. The molecule has 0 spiro atoms. The van der Waals surface area contributed by atoms with Crippen molar-refractivity contribution in [1.82, 2.24) is 14.8 Å². The average molecular weight is 414 g/mol. The van der Waals surface area contributed by atoms with Gasteiger partial charge in [-0.1, -0.05) is 12.1 Å². The molecule has 2 aliphatic rings. The van der Waals surface area contributed by atoms with E-state index >= 15 is 0 Å². The number of piperazine rings is 1. The molecule has 2 aliphatic heterocycles. The highest BCUT2D eigenvalue weighted by Gasteiger charge is 2.22. The molecule has 0 unspecified atom stereocenters. The minimum absolute atomic E-state index is 0.0688. The fraction of sp³-hybridized carbons (Fsp3) is 0.476. The molecule has 2 fully saturated rings. The number of aryl methyl sites for hydroxylation is 1. The summed E-state index contributed by atoms with van der Waals surface area (Å²) in [5.74, 6) is 0.247. The highest BCUT2D eigenvalue weighted by Crippen LogP contribution is 2.19. The summed E-state index contributed by atoms with van der Waals surface area (Å²) in [6.45, 7) is 4.77. The minimum Gasteiger partial charge on any atom is -0.345 e. The first-order valence-corrected chi connectivity index (χ1v) is 11.1. The first-order chi connectivity index (χ1) is 14.2. The van der Waals surface area contributed by atoms with Crippen molar-refractivity contribution in [3.8, 4) is 0 Å². The number of urea groups is 1. The van der Waals surface area contributed by atoms with E-state index in [4.69, 9.17) is 0 Å². The van der Waals surface area contributed by atoms with Crippen LogP contribution in [0.5, 0.6) is 0 Å². The van der Waals surface area contributed by atoms with Gasteiger partial charge in [0.05, 0.1) is 0 Å². The van der Waals surface area contributed by atoms with Crippen LogP contribution in [-0.2, 0) is 11.2 Å². The summed E-state index contributed by atoms with van der Waals surface area (Å²) < 4.78 is 0. The van der Waals surface area contributed by atoms with Gasteiger partial charge >= 0.3 is 6.03 Å². The molecular weight excluding hydrogens is 386 g/mol. The van der Waals surface area contributed by atoms with Crippen LogP contribution in [0.1, 0.15) is 24.8 Å². The zero-order valence-electron chi connectivity index (χ0n) is 16.5. The monoisotopic (exact) mass is 413 g/mol. The van der Waals surface area contributed by atoms with Crippen molar-refractivity contribution in [2.24, 2.45) is 0 Å². The summed E-state index contributed by atoms with van der Waals surface area (Å²) in [7, 11) is 0. The first-order valence-electron chi connectivity index (χ1n) is 10.3. The average Bonchev–Trinajstić information content (AvgIpc) is 3.47. The van der Waals surface area contributed by atoms with Crippen molar-refractivity contribution in [2.75, 3.05) is 49.5 Å². The van der Waals surface area contributed by atoms with Crippen molar-refractivity contribution >= 4 is 34.1 Å². The summed E-state index contributed by atoms with van der Waals surface area (Å²) in [5, 5.41) is 5.97. The molecule has 2 saturated heterocycles. The molecule has 0 atom stereocenters. The topological polar surface area (TPSA) is 68.8 Å². The molecule has 3 amide bonds. The number of aromatic nitrogens is 1. The van der Waals surface area contributed by atoms with Crippen LogP contribution in [0.3, 0.4) is 0 Å². The van der Waals surface area contributed by atoms with E-state index in [0.717, 1.165) is 61.8 Å². The normalized spacial score (nSPS) is 16.9. The Morgan fingerprint density at radius 3 is 2.34 bits per heavy atom. The number of carbonyl (C=O) groups excluding carboxylic acids is 2. The molecule has 1 aromatic heterocycles. The third kappa shape index (κ3) is 5.06. The fourth-order valence-electron chi connectivity index (χ4n) is 3.81. The van der Waals surface area contributed by atoms with E-state index < -0.39 is 0 Å². The molecule has 0 radical (unpaired) electrons. The SMILES string of the molecule is O=C(CCc1ccc(NC(=O)N2CCN(c3nccs3)CC2)cc1)N1CCCC1. The highest BCUT2D eigenvalue weighted by molar-refractivity contribution is 7.13. The number of carbonyl (C=O) groups is 2. The maximum atomic E-state index is 12.5. The molecule has 4 rings (SSSR count). The molecule has 29 heavy (non-hydrogen) atoms. The third-order valence-electron chi connectivity index (χ3n) is 5.55. The number of likely N-dealkylation sites (tertiary alicyclic amines) is 1. The van der Waals surface area contributed by atoms with Gasteiger partial charge in [-0.25, -0.2) is 9.78 Å². The molecule has 1 N–H and O–H groups in total. The van der Waals surface area contributed by atoms with Gasteiger partial charge < -0.3 is 20.0 Å². The van der Waals surface area contributed by atoms with Crippen molar-refractivity contribution in [3.63, 3.8) is 0 Å². The maximum Gasteiger partial charge on any atom is 0.321 e. The molecule has 1 aromatic carbocycles. The summed E-state index contributed by atoms with van der Waals surface area (Å²) in [6.07, 6.45) is 5.35. The second-order valence-electron chi connectivity index (χ2n) is 7.50. The summed E-state index contributed by atoms with van der Waals surface area (Å²) in [4.78, 5) is 35.1. The molecule has 8 heteroatoms. The van der Waals surface area contributed by atoms with E-state index in [1.165, 1.54) is 0 Å². The van der Waals surface area contributed by atoms with Gasteiger partial charge in [-0.15, -0.1) is 11.3 Å². The van der Waals surface area contributed by atoms with Crippen LogP contribution in [-0.4, -0.2) is 66.0 Å². The van der Waals surface area contributed by atoms with E-state index in [1.54, 1.807) is 11.3 Å². The van der Waals surface area contributed by atoms with Crippen molar-refractivity contribution < 1.29 is 9.59 Å². The predicted octanol–water partition coefficient (Wildman–Crippen LogP) is 3.05. The van der Waals surface area contributed by atoms with E-state index in [0.29, 0.717) is 19.5 Å². The Hall–Kier alpha value is -2.61. The number of anilines is 2. The third-order valence-corrected chi connectivity index (χ3v) is 6.38. The smallest absolute Gasteiger partial charge is 0.321 e. The van der Waals surface area contributed by atoms with Gasteiger partial charge in [-0.2, -0.15) is 0 Å². The molecule has 3 heterocycles. The van der Waals surface area contributed by atoms with Crippen LogP contribution in [0.25, 0.3) is 0 Å². The van der Waals surface area contributed by atoms with Crippen LogP contribution in [0.15, 0.2) is 35.8 Å². The molecule has 0 saturated carbocycles. The standard InChI is InChI=1S/C21H27N5O2S/c27-19(24-10-1-2-11-24)8-5-17-3-6-18(7-4-17)23-20(28)25-12-14-26(15-13-25)21-22-9-16-29-21/h3-4,6-7,9,16H,1-2,5,8,10-15H2,(H,23,28). The number of thiazole rings is 1. The molecule has 0 bridgehead atoms. The fourth-order valence-corrected chi connectivity index (χ4v) is 4.50. The van der Waals surface area contributed by atoms with E-state index in [2.05, 4.69) is 15.2 Å². The number of rotatable bonds is 5. The number of hydrogen-bond acceptors (Lipinski definition) is 5. The van der Waals surface area contributed by atoms with Gasteiger partial charge in [0.2, 0.25) is 5.91 Å². The zero-order chi connectivity index (χ0) is 20.1.